The summed E-state index contributed by atoms with van der Waals surface area (Å²) in [5, 5.41) is 7.25. The molecule has 2 aromatic rings. The average Bonchev–Trinajstić information content (AvgIpc) is 2.82. The monoisotopic (exact) mass is 283 g/mol. The molecule has 1 atom stereocenters. The maximum Gasteiger partial charge on any atom is 0.244 e. The summed E-state index contributed by atoms with van der Waals surface area (Å²) < 4.78 is 1.76. The highest BCUT2D eigenvalue weighted by molar-refractivity contribution is 5.80. The van der Waals surface area contributed by atoms with Gasteiger partial charge in [0.15, 0.2) is 0 Å². The summed E-state index contributed by atoms with van der Waals surface area (Å²) >= 11 is 0. The van der Waals surface area contributed by atoms with Crippen molar-refractivity contribution in [3.8, 4) is 0 Å². The molecule has 0 bridgehead atoms. The van der Waals surface area contributed by atoms with Crippen LogP contribution in [-0.2, 0) is 4.79 Å². The van der Waals surface area contributed by atoms with Crippen molar-refractivity contribution < 1.29 is 4.79 Å². The zero-order valence-electron chi connectivity index (χ0n) is 12.7. The lowest BCUT2D eigenvalue weighted by atomic mass is 10.2. The molecule has 1 heterocycles. The van der Waals surface area contributed by atoms with Gasteiger partial charge < -0.3 is 5.32 Å². The van der Waals surface area contributed by atoms with Crippen LogP contribution in [0.2, 0.25) is 0 Å². The van der Waals surface area contributed by atoms with Gasteiger partial charge in [-0.25, -0.2) is 0 Å². The number of aromatic nitrogens is 2. The van der Waals surface area contributed by atoms with E-state index in [1.54, 1.807) is 4.68 Å². The highest BCUT2D eigenvalue weighted by atomic mass is 16.2. The molecule has 0 radical (unpaired) electrons. The molecule has 0 fully saturated rings. The fraction of sp³-hybridized carbons (Fsp3) is 0.294. The molecular formula is C17H21N3O. The van der Waals surface area contributed by atoms with Crippen LogP contribution in [-0.4, -0.2) is 22.2 Å². The summed E-state index contributed by atoms with van der Waals surface area (Å²) in [7, 11) is 0. The van der Waals surface area contributed by atoms with Gasteiger partial charge in [-0.15, -0.1) is 0 Å². The van der Waals surface area contributed by atoms with Crippen molar-refractivity contribution in [2.24, 2.45) is 0 Å². The predicted molar refractivity (Wildman–Crippen MR) is 84.9 cm³/mol. The SMILES string of the molecule is Cc1cc(C)n(C(C)C(=O)NC/C=C/c2ccccc2)n1. The lowest BCUT2D eigenvalue weighted by molar-refractivity contribution is -0.123. The summed E-state index contributed by atoms with van der Waals surface area (Å²) in [6.45, 7) is 6.25. The van der Waals surface area contributed by atoms with E-state index in [-0.39, 0.29) is 11.9 Å². The van der Waals surface area contributed by atoms with Crippen LogP contribution in [0.5, 0.6) is 0 Å². The molecule has 4 heteroatoms. The number of carbonyl (C=O) groups is 1. The third kappa shape index (κ3) is 4.05. The van der Waals surface area contributed by atoms with Crippen molar-refractivity contribution in [2.75, 3.05) is 6.54 Å². The molecule has 2 rings (SSSR count). The van der Waals surface area contributed by atoms with Gasteiger partial charge >= 0.3 is 0 Å². The average molecular weight is 283 g/mol. The second kappa shape index (κ2) is 6.88. The molecule has 21 heavy (non-hydrogen) atoms. The van der Waals surface area contributed by atoms with Crippen LogP contribution in [0.4, 0.5) is 0 Å². The zero-order chi connectivity index (χ0) is 15.2. The molecule has 4 nitrogen and oxygen atoms in total. The van der Waals surface area contributed by atoms with Crippen molar-refractivity contribution in [3.05, 3.63) is 59.4 Å². The van der Waals surface area contributed by atoms with E-state index in [0.29, 0.717) is 6.54 Å². The molecule has 0 aliphatic heterocycles. The molecule has 0 aliphatic carbocycles. The molecule has 0 aliphatic rings. The first kappa shape index (κ1) is 15.0. The van der Waals surface area contributed by atoms with Crippen molar-refractivity contribution in [2.45, 2.75) is 26.8 Å². The first-order valence-electron chi connectivity index (χ1n) is 7.10. The summed E-state index contributed by atoms with van der Waals surface area (Å²) in [6.07, 6.45) is 3.94. The van der Waals surface area contributed by atoms with E-state index >= 15 is 0 Å². The quantitative estimate of drug-likeness (QED) is 0.917. The molecule has 1 amide bonds. The number of carbonyl (C=O) groups excluding carboxylic acids is 1. The Morgan fingerprint density at radius 1 is 1.33 bits per heavy atom. The van der Waals surface area contributed by atoms with Crippen LogP contribution in [0, 0.1) is 13.8 Å². The minimum atomic E-state index is -0.302. The molecular weight excluding hydrogens is 262 g/mol. The van der Waals surface area contributed by atoms with Gasteiger partial charge in [-0.3, -0.25) is 9.48 Å². The Balaban J connectivity index is 1.87. The second-order valence-electron chi connectivity index (χ2n) is 5.11. The molecule has 1 unspecified atom stereocenters. The van der Waals surface area contributed by atoms with E-state index in [9.17, 15) is 4.79 Å². The van der Waals surface area contributed by atoms with Crippen molar-refractivity contribution in [1.29, 1.82) is 0 Å². The van der Waals surface area contributed by atoms with Gasteiger partial charge in [-0.1, -0.05) is 42.5 Å². The van der Waals surface area contributed by atoms with Crippen LogP contribution < -0.4 is 5.32 Å². The lowest BCUT2D eigenvalue weighted by Crippen LogP contribution is -2.32. The lowest BCUT2D eigenvalue weighted by Gasteiger charge is -2.13. The maximum absolute atomic E-state index is 12.1. The second-order valence-corrected chi connectivity index (χ2v) is 5.11. The highest BCUT2D eigenvalue weighted by Gasteiger charge is 2.16. The standard InChI is InChI=1S/C17H21N3O/c1-13-12-14(2)20(19-13)15(3)17(21)18-11-7-10-16-8-5-4-6-9-16/h4-10,12,15H,11H2,1-3H3,(H,18,21)/b10-7+. The molecule has 0 saturated heterocycles. The zero-order valence-corrected chi connectivity index (χ0v) is 12.7. The number of nitrogens with one attached hydrogen (secondary N) is 1. The minimum Gasteiger partial charge on any atom is -0.351 e. The van der Waals surface area contributed by atoms with E-state index in [0.717, 1.165) is 17.0 Å². The van der Waals surface area contributed by atoms with Gasteiger partial charge in [0, 0.05) is 12.2 Å². The number of amides is 1. The van der Waals surface area contributed by atoms with E-state index in [2.05, 4.69) is 10.4 Å². The van der Waals surface area contributed by atoms with Gasteiger partial charge in [0.2, 0.25) is 5.91 Å². The smallest absolute Gasteiger partial charge is 0.244 e. The van der Waals surface area contributed by atoms with Crippen LogP contribution in [0.25, 0.3) is 6.08 Å². The number of hydrogen-bond donors (Lipinski definition) is 1. The number of hydrogen-bond acceptors (Lipinski definition) is 2. The Morgan fingerprint density at radius 2 is 2.05 bits per heavy atom. The van der Waals surface area contributed by atoms with Crippen molar-refractivity contribution >= 4 is 12.0 Å². The molecule has 1 aromatic heterocycles. The molecule has 1 aromatic carbocycles. The van der Waals surface area contributed by atoms with Crippen LogP contribution in [0.15, 0.2) is 42.5 Å². The van der Waals surface area contributed by atoms with E-state index < -0.39 is 0 Å². The topological polar surface area (TPSA) is 46.9 Å². The normalized spacial score (nSPS) is 12.5. The first-order valence-corrected chi connectivity index (χ1v) is 7.10. The van der Waals surface area contributed by atoms with Gasteiger partial charge in [0.1, 0.15) is 6.04 Å². The fourth-order valence-corrected chi connectivity index (χ4v) is 2.22. The first-order chi connectivity index (χ1) is 10.1. The molecule has 1 N–H and O–H groups in total. The van der Waals surface area contributed by atoms with Crippen molar-refractivity contribution in [3.63, 3.8) is 0 Å². The van der Waals surface area contributed by atoms with Crippen LogP contribution in [0.1, 0.15) is 29.9 Å². The molecule has 0 spiro atoms. The Bertz CT molecular complexity index is 629. The van der Waals surface area contributed by atoms with Gasteiger partial charge in [0.25, 0.3) is 0 Å². The van der Waals surface area contributed by atoms with E-state index in [1.165, 1.54) is 0 Å². The van der Waals surface area contributed by atoms with Gasteiger partial charge in [0.05, 0.1) is 5.69 Å². The summed E-state index contributed by atoms with van der Waals surface area (Å²) in [5.41, 5.74) is 3.05. The molecule has 0 saturated carbocycles. The largest absolute Gasteiger partial charge is 0.351 e. The highest BCUT2D eigenvalue weighted by Crippen LogP contribution is 2.10. The third-order valence-corrected chi connectivity index (χ3v) is 3.29. The van der Waals surface area contributed by atoms with Gasteiger partial charge in [-0.2, -0.15) is 5.10 Å². The summed E-state index contributed by atoms with van der Waals surface area (Å²) in [6, 6.07) is 11.7. The Labute approximate surface area is 125 Å². The molecule has 110 valence electrons. The number of nitrogens with zero attached hydrogens (tertiary/aromatic N) is 2. The number of aryl methyl sites for hydroxylation is 2. The fourth-order valence-electron chi connectivity index (χ4n) is 2.22. The maximum atomic E-state index is 12.1. The Morgan fingerprint density at radius 3 is 2.67 bits per heavy atom. The van der Waals surface area contributed by atoms with Crippen LogP contribution >= 0.6 is 0 Å². The van der Waals surface area contributed by atoms with Crippen LogP contribution in [0.3, 0.4) is 0 Å². The Kier molecular flexibility index (Phi) is 4.93. The summed E-state index contributed by atoms with van der Waals surface area (Å²) in [5.74, 6) is -0.0288. The minimum absolute atomic E-state index is 0.0288. The van der Waals surface area contributed by atoms with E-state index in [1.807, 2.05) is 69.3 Å². The Hall–Kier alpha value is -2.36. The number of benzene rings is 1. The van der Waals surface area contributed by atoms with Gasteiger partial charge in [-0.05, 0) is 32.4 Å². The predicted octanol–water partition coefficient (Wildman–Crippen LogP) is 2.89. The summed E-state index contributed by atoms with van der Waals surface area (Å²) in [4.78, 5) is 12.1. The number of rotatable bonds is 5. The van der Waals surface area contributed by atoms with E-state index in [4.69, 9.17) is 0 Å². The van der Waals surface area contributed by atoms with Crippen molar-refractivity contribution in [1.82, 2.24) is 15.1 Å². The third-order valence-electron chi connectivity index (χ3n) is 3.29.